The molecule has 1 N–H and O–H groups in total. The Balaban J connectivity index is 1.97. The van der Waals surface area contributed by atoms with Crippen LogP contribution in [0.25, 0.3) is 0 Å². The summed E-state index contributed by atoms with van der Waals surface area (Å²) in [6, 6.07) is 0. The number of hydrogen-bond donors (Lipinski definition) is 1. The predicted molar refractivity (Wildman–Crippen MR) is 55.4 cm³/mol. The molecule has 0 aromatic heterocycles. The molecule has 4 heteroatoms. The fourth-order valence-corrected chi connectivity index (χ4v) is 1.91. The smallest absolute Gasteiger partial charge is 0.302 e. The molecule has 0 bridgehead atoms. The third-order valence-corrected chi connectivity index (χ3v) is 2.64. The van der Waals surface area contributed by atoms with Crippen molar-refractivity contribution < 1.29 is 19.4 Å². The highest BCUT2D eigenvalue weighted by Gasteiger charge is 2.19. The average Bonchev–Trinajstić information content (AvgIpc) is 2.17. The topological polar surface area (TPSA) is 55.8 Å². The predicted octanol–water partition coefficient (Wildman–Crippen LogP) is 1.12. The first-order valence-corrected chi connectivity index (χ1v) is 5.57. The molecule has 0 aromatic carbocycles. The molecule has 1 rings (SSSR count). The Kier molecular flexibility index (Phi) is 5.65. The van der Waals surface area contributed by atoms with Crippen molar-refractivity contribution in [1.29, 1.82) is 0 Å². The van der Waals surface area contributed by atoms with Gasteiger partial charge in [-0.25, -0.2) is 0 Å². The van der Waals surface area contributed by atoms with Crippen LogP contribution in [0.4, 0.5) is 0 Å². The molecule has 2 unspecified atom stereocenters. The molecule has 0 heterocycles. The van der Waals surface area contributed by atoms with Gasteiger partial charge in [-0.15, -0.1) is 0 Å². The molecule has 88 valence electrons. The maximum atomic E-state index is 10.4. The Morgan fingerprint density at radius 1 is 1.40 bits per heavy atom. The SMILES string of the molecule is CC(=O)OCCOCC1CCCC(O)C1. The van der Waals surface area contributed by atoms with Gasteiger partial charge in [-0.05, 0) is 25.2 Å². The lowest BCUT2D eigenvalue weighted by Gasteiger charge is -2.25. The standard InChI is InChI=1S/C11H20O4/c1-9(12)15-6-5-14-8-10-3-2-4-11(13)7-10/h10-11,13H,2-8H2,1H3. The third-order valence-electron chi connectivity index (χ3n) is 2.64. The van der Waals surface area contributed by atoms with Crippen LogP contribution >= 0.6 is 0 Å². The van der Waals surface area contributed by atoms with Gasteiger partial charge < -0.3 is 14.6 Å². The summed E-state index contributed by atoms with van der Waals surface area (Å²) in [5.74, 6) is 0.192. The van der Waals surface area contributed by atoms with Crippen LogP contribution in [-0.2, 0) is 14.3 Å². The number of ether oxygens (including phenoxy) is 2. The van der Waals surface area contributed by atoms with Gasteiger partial charge in [0.15, 0.2) is 0 Å². The minimum Gasteiger partial charge on any atom is -0.463 e. The molecular weight excluding hydrogens is 196 g/mol. The molecule has 1 saturated carbocycles. The number of hydrogen-bond acceptors (Lipinski definition) is 4. The van der Waals surface area contributed by atoms with Crippen LogP contribution in [0.5, 0.6) is 0 Å². The lowest BCUT2D eigenvalue weighted by atomic mass is 9.88. The molecule has 15 heavy (non-hydrogen) atoms. The van der Waals surface area contributed by atoms with Crippen molar-refractivity contribution in [2.24, 2.45) is 5.92 Å². The number of rotatable bonds is 5. The minimum absolute atomic E-state index is 0.152. The molecule has 4 nitrogen and oxygen atoms in total. The van der Waals surface area contributed by atoms with Crippen LogP contribution in [0.3, 0.4) is 0 Å². The molecule has 0 aromatic rings. The Labute approximate surface area is 90.6 Å². The van der Waals surface area contributed by atoms with Crippen molar-refractivity contribution in [2.75, 3.05) is 19.8 Å². The van der Waals surface area contributed by atoms with E-state index in [9.17, 15) is 9.90 Å². The van der Waals surface area contributed by atoms with Crippen molar-refractivity contribution in [3.05, 3.63) is 0 Å². The summed E-state index contributed by atoms with van der Waals surface area (Å²) in [6.45, 7) is 2.83. The number of esters is 1. The van der Waals surface area contributed by atoms with Gasteiger partial charge in [0.1, 0.15) is 6.61 Å². The first kappa shape index (κ1) is 12.5. The number of aliphatic hydroxyl groups excluding tert-OH is 1. The highest BCUT2D eigenvalue weighted by Crippen LogP contribution is 2.24. The zero-order chi connectivity index (χ0) is 11.1. The van der Waals surface area contributed by atoms with Gasteiger partial charge in [0, 0.05) is 13.5 Å². The van der Waals surface area contributed by atoms with Crippen molar-refractivity contribution in [1.82, 2.24) is 0 Å². The second-order valence-corrected chi connectivity index (χ2v) is 4.10. The van der Waals surface area contributed by atoms with Crippen LogP contribution < -0.4 is 0 Å². The van der Waals surface area contributed by atoms with Gasteiger partial charge in [-0.1, -0.05) is 6.42 Å². The van der Waals surface area contributed by atoms with Gasteiger partial charge in [-0.2, -0.15) is 0 Å². The number of carbonyl (C=O) groups excluding carboxylic acids is 1. The molecule has 2 atom stereocenters. The lowest BCUT2D eigenvalue weighted by molar-refractivity contribution is -0.142. The largest absolute Gasteiger partial charge is 0.463 e. The fourth-order valence-electron chi connectivity index (χ4n) is 1.91. The fraction of sp³-hybridized carbons (Fsp3) is 0.909. The van der Waals surface area contributed by atoms with Crippen molar-refractivity contribution in [3.63, 3.8) is 0 Å². The van der Waals surface area contributed by atoms with Gasteiger partial charge in [0.05, 0.1) is 12.7 Å². The van der Waals surface area contributed by atoms with Gasteiger partial charge >= 0.3 is 5.97 Å². The second-order valence-electron chi connectivity index (χ2n) is 4.10. The van der Waals surface area contributed by atoms with Crippen LogP contribution in [-0.4, -0.2) is 37.0 Å². The normalized spacial score (nSPS) is 26.3. The quantitative estimate of drug-likeness (QED) is 0.552. The Bertz CT molecular complexity index is 193. The number of aliphatic hydroxyl groups is 1. The van der Waals surface area contributed by atoms with Crippen molar-refractivity contribution >= 4 is 5.97 Å². The Morgan fingerprint density at radius 2 is 2.20 bits per heavy atom. The van der Waals surface area contributed by atoms with E-state index in [1.165, 1.54) is 6.92 Å². The summed E-state index contributed by atoms with van der Waals surface area (Å²) < 4.78 is 10.1. The third kappa shape index (κ3) is 5.74. The lowest BCUT2D eigenvalue weighted by Crippen LogP contribution is -2.23. The maximum absolute atomic E-state index is 10.4. The van der Waals surface area contributed by atoms with E-state index >= 15 is 0 Å². The molecule has 1 aliphatic rings. The van der Waals surface area contributed by atoms with E-state index < -0.39 is 0 Å². The first-order chi connectivity index (χ1) is 7.18. The summed E-state index contributed by atoms with van der Waals surface area (Å²) in [6.07, 6.45) is 3.82. The maximum Gasteiger partial charge on any atom is 0.302 e. The van der Waals surface area contributed by atoms with E-state index in [1.807, 2.05) is 0 Å². The van der Waals surface area contributed by atoms with E-state index in [2.05, 4.69) is 0 Å². The summed E-state index contributed by atoms with van der Waals surface area (Å²) in [4.78, 5) is 10.4. The zero-order valence-electron chi connectivity index (χ0n) is 9.28. The van der Waals surface area contributed by atoms with Crippen molar-refractivity contribution in [2.45, 2.75) is 38.7 Å². The van der Waals surface area contributed by atoms with E-state index in [0.29, 0.717) is 25.7 Å². The summed E-state index contributed by atoms with van der Waals surface area (Å²) >= 11 is 0. The molecular formula is C11H20O4. The molecule has 0 spiro atoms. The molecule has 0 saturated heterocycles. The molecule has 1 aliphatic carbocycles. The highest BCUT2D eigenvalue weighted by atomic mass is 16.6. The second kappa shape index (κ2) is 6.80. The molecule has 0 aliphatic heterocycles. The molecule has 0 amide bonds. The monoisotopic (exact) mass is 216 g/mol. The van der Waals surface area contributed by atoms with Crippen LogP contribution in [0.1, 0.15) is 32.6 Å². The Hall–Kier alpha value is -0.610. The van der Waals surface area contributed by atoms with E-state index in [4.69, 9.17) is 9.47 Å². The summed E-state index contributed by atoms with van der Waals surface area (Å²) in [5.41, 5.74) is 0. The highest BCUT2D eigenvalue weighted by molar-refractivity contribution is 5.65. The van der Waals surface area contributed by atoms with E-state index in [1.54, 1.807) is 0 Å². The van der Waals surface area contributed by atoms with Gasteiger partial charge in [0.25, 0.3) is 0 Å². The van der Waals surface area contributed by atoms with Crippen LogP contribution in [0.15, 0.2) is 0 Å². The summed E-state index contributed by atoms with van der Waals surface area (Å²) in [5, 5.41) is 9.43. The Morgan fingerprint density at radius 3 is 2.87 bits per heavy atom. The van der Waals surface area contributed by atoms with Crippen molar-refractivity contribution in [3.8, 4) is 0 Å². The first-order valence-electron chi connectivity index (χ1n) is 5.57. The molecule has 0 radical (unpaired) electrons. The molecule has 1 fully saturated rings. The van der Waals surface area contributed by atoms with Crippen LogP contribution in [0, 0.1) is 5.92 Å². The minimum atomic E-state index is -0.272. The van der Waals surface area contributed by atoms with Gasteiger partial charge in [-0.3, -0.25) is 4.79 Å². The van der Waals surface area contributed by atoms with E-state index in [-0.39, 0.29) is 12.1 Å². The van der Waals surface area contributed by atoms with E-state index in [0.717, 1.165) is 25.7 Å². The average molecular weight is 216 g/mol. The van der Waals surface area contributed by atoms with Crippen LogP contribution in [0.2, 0.25) is 0 Å². The zero-order valence-corrected chi connectivity index (χ0v) is 9.28. The van der Waals surface area contributed by atoms with Gasteiger partial charge in [0.2, 0.25) is 0 Å². The summed E-state index contributed by atoms with van der Waals surface area (Å²) in [7, 11) is 0. The number of carbonyl (C=O) groups is 1.